The molecular weight excluding hydrogens is 112 g/mol. The molecular formula is C8H12O. The highest BCUT2D eigenvalue weighted by Gasteiger charge is 1.66. The van der Waals surface area contributed by atoms with Crippen molar-refractivity contribution in [3.63, 3.8) is 0 Å². The Morgan fingerprint density at radius 1 is 1.56 bits per heavy atom. The topological polar surface area (TPSA) is 20.2 Å². The molecule has 0 aliphatic heterocycles. The fourth-order valence-corrected chi connectivity index (χ4v) is 0.368. The van der Waals surface area contributed by atoms with E-state index in [4.69, 9.17) is 5.11 Å². The van der Waals surface area contributed by atoms with Gasteiger partial charge in [0.15, 0.2) is 0 Å². The van der Waals surface area contributed by atoms with Crippen LogP contribution in [-0.2, 0) is 0 Å². The van der Waals surface area contributed by atoms with E-state index in [0.29, 0.717) is 0 Å². The Hall–Kier alpha value is -0.740. The highest BCUT2D eigenvalue weighted by Crippen LogP contribution is 1.80. The lowest BCUT2D eigenvalue weighted by molar-refractivity contribution is 0.343. The summed E-state index contributed by atoms with van der Waals surface area (Å²) in [6.45, 7) is 2.17. The van der Waals surface area contributed by atoms with Crippen molar-refractivity contribution in [1.82, 2.24) is 0 Å². The molecule has 0 radical (unpaired) electrons. The van der Waals surface area contributed by atoms with Gasteiger partial charge in [0, 0.05) is 6.42 Å². The Balaban J connectivity index is 3.25. The minimum absolute atomic E-state index is 0.0841. The van der Waals surface area contributed by atoms with Gasteiger partial charge < -0.3 is 5.11 Å². The molecule has 1 N–H and O–H groups in total. The quantitative estimate of drug-likeness (QED) is 0.551. The largest absolute Gasteiger partial charge is 0.392 e. The molecule has 9 heavy (non-hydrogen) atoms. The van der Waals surface area contributed by atoms with Gasteiger partial charge in [-0.25, -0.2) is 0 Å². The minimum atomic E-state index is 0.0841. The number of allylic oxidation sites excluding steroid dienone is 1. The summed E-state index contributed by atoms with van der Waals surface area (Å²) in [5, 5.41) is 8.27. The summed E-state index contributed by atoms with van der Waals surface area (Å²) >= 11 is 0. The standard InChI is InChI=1S/C8H12O/c1-2-3-4-5-6-7-8-9/h6-7,9H,2-3,8H2,1H3. The first-order chi connectivity index (χ1) is 4.41. The van der Waals surface area contributed by atoms with E-state index in [9.17, 15) is 0 Å². The molecule has 0 saturated carbocycles. The van der Waals surface area contributed by atoms with Crippen molar-refractivity contribution < 1.29 is 5.11 Å². The molecule has 0 spiro atoms. The highest BCUT2D eigenvalue weighted by atomic mass is 16.2. The van der Waals surface area contributed by atoms with Crippen LogP contribution in [0, 0.1) is 11.8 Å². The lowest BCUT2D eigenvalue weighted by Gasteiger charge is -1.74. The number of aliphatic hydroxyl groups excluding tert-OH is 1. The summed E-state index contributed by atoms with van der Waals surface area (Å²) in [5.41, 5.74) is 0. The molecule has 0 atom stereocenters. The zero-order valence-corrected chi connectivity index (χ0v) is 5.72. The van der Waals surface area contributed by atoms with E-state index in [2.05, 4.69) is 18.8 Å². The first-order valence-corrected chi connectivity index (χ1v) is 3.16. The van der Waals surface area contributed by atoms with Crippen LogP contribution in [0.4, 0.5) is 0 Å². The maximum atomic E-state index is 8.27. The van der Waals surface area contributed by atoms with Crippen molar-refractivity contribution in [1.29, 1.82) is 0 Å². The molecule has 0 fully saturated rings. The van der Waals surface area contributed by atoms with Crippen LogP contribution in [0.3, 0.4) is 0 Å². The van der Waals surface area contributed by atoms with Crippen LogP contribution in [-0.4, -0.2) is 11.7 Å². The number of hydrogen-bond donors (Lipinski definition) is 1. The predicted octanol–water partition coefficient (Wildman–Crippen LogP) is 1.34. The molecule has 0 aliphatic rings. The average molecular weight is 124 g/mol. The van der Waals surface area contributed by atoms with E-state index in [1.54, 1.807) is 12.2 Å². The molecule has 0 aromatic rings. The second-order valence-electron chi connectivity index (χ2n) is 1.66. The third kappa shape index (κ3) is 7.26. The van der Waals surface area contributed by atoms with Crippen molar-refractivity contribution in [3.05, 3.63) is 12.2 Å². The van der Waals surface area contributed by atoms with Crippen molar-refractivity contribution >= 4 is 0 Å². The summed E-state index contributed by atoms with van der Waals surface area (Å²) in [6.07, 6.45) is 5.34. The fourth-order valence-electron chi connectivity index (χ4n) is 0.368. The van der Waals surface area contributed by atoms with Gasteiger partial charge in [0.1, 0.15) is 0 Å². The lowest BCUT2D eigenvalue weighted by atomic mass is 10.3. The summed E-state index contributed by atoms with van der Waals surface area (Å²) in [5.74, 6) is 5.72. The third-order valence-electron chi connectivity index (χ3n) is 0.784. The molecule has 0 amide bonds. The summed E-state index contributed by atoms with van der Waals surface area (Å²) in [6, 6.07) is 0. The van der Waals surface area contributed by atoms with Gasteiger partial charge >= 0.3 is 0 Å². The highest BCUT2D eigenvalue weighted by molar-refractivity contribution is 5.14. The third-order valence-corrected chi connectivity index (χ3v) is 0.784. The molecule has 0 heterocycles. The van der Waals surface area contributed by atoms with E-state index in [-0.39, 0.29) is 6.61 Å². The Bertz CT molecular complexity index is 125. The molecule has 0 bridgehead atoms. The van der Waals surface area contributed by atoms with Gasteiger partial charge in [-0.05, 0) is 12.5 Å². The van der Waals surface area contributed by atoms with E-state index in [0.717, 1.165) is 12.8 Å². The van der Waals surface area contributed by atoms with Crippen LogP contribution in [0.15, 0.2) is 12.2 Å². The van der Waals surface area contributed by atoms with E-state index in [1.165, 1.54) is 0 Å². The van der Waals surface area contributed by atoms with Crippen molar-refractivity contribution in [2.75, 3.05) is 6.61 Å². The fraction of sp³-hybridized carbons (Fsp3) is 0.500. The maximum absolute atomic E-state index is 8.27. The van der Waals surface area contributed by atoms with Crippen LogP contribution in [0.1, 0.15) is 19.8 Å². The Morgan fingerprint density at radius 2 is 2.33 bits per heavy atom. The van der Waals surface area contributed by atoms with Crippen molar-refractivity contribution in [2.45, 2.75) is 19.8 Å². The smallest absolute Gasteiger partial charge is 0.0621 e. The average Bonchev–Trinajstić information content (AvgIpc) is 1.89. The van der Waals surface area contributed by atoms with Crippen LogP contribution in [0.25, 0.3) is 0 Å². The van der Waals surface area contributed by atoms with Gasteiger partial charge in [-0.3, -0.25) is 0 Å². The number of rotatable bonds is 2. The zero-order valence-electron chi connectivity index (χ0n) is 5.72. The van der Waals surface area contributed by atoms with Gasteiger partial charge in [0.25, 0.3) is 0 Å². The van der Waals surface area contributed by atoms with E-state index >= 15 is 0 Å². The summed E-state index contributed by atoms with van der Waals surface area (Å²) < 4.78 is 0. The summed E-state index contributed by atoms with van der Waals surface area (Å²) in [7, 11) is 0. The first kappa shape index (κ1) is 8.26. The SMILES string of the molecule is CCCC#CC=CCO. The summed E-state index contributed by atoms with van der Waals surface area (Å²) in [4.78, 5) is 0. The first-order valence-electron chi connectivity index (χ1n) is 3.16. The molecule has 50 valence electrons. The number of hydrogen-bond acceptors (Lipinski definition) is 1. The van der Waals surface area contributed by atoms with Gasteiger partial charge in [-0.15, -0.1) is 0 Å². The molecule has 0 aromatic heterocycles. The second kappa shape index (κ2) is 7.26. The van der Waals surface area contributed by atoms with Crippen LogP contribution >= 0.6 is 0 Å². The van der Waals surface area contributed by atoms with Gasteiger partial charge in [0.05, 0.1) is 6.61 Å². The molecule has 0 aliphatic carbocycles. The Kier molecular flexibility index (Phi) is 6.66. The molecule has 0 aromatic carbocycles. The van der Waals surface area contributed by atoms with E-state index < -0.39 is 0 Å². The van der Waals surface area contributed by atoms with Crippen molar-refractivity contribution in [3.8, 4) is 11.8 Å². The molecule has 0 unspecified atom stereocenters. The second-order valence-corrected chi connectivity index (χ2v) is 1.66. The normalized spacial score (nSPS) is 9.11. The lowest BCUT2D eigenvalue weighted by Crippen LogP contribution is -1.67. The zero-order chi connectivity index (χ0) is 6.95. The van der Waals surface area contributed by atoms with E-state index in [1.807, 2.05) is 0 Å². The van der Waals surface area contributed by atoms with Crippen LogP contribution < -0.4 is 0 Å². The Labute approximate surface area is 56.4 Å². The molecule has 1 heteroatoms. The molecule has 0 saturated heterocycles. The minimum Gasteiger partial charge on any atom is -0.392 e. The van der Waals surface area contributed by atoms with Gasteiger partial charge in [-0.2, -0.15) is 0 Å². The Morgan fingerprint density at radius 3 is 2.89 bits per heavy atom. The molecule has 1 nitrogen and oxygen atoms in total. The van der Waals surface area contributed by atoms with Crippen LogP contribution in [0.2, 0.25) is 0 Å². The van der Waals surface area contributed by atoms with Gasteiger partial charge in [-0.1, -0.05) is 24.8 Å². The number of aliphatic hydroxyl groups is 1. The number of unbranched alkanes of at least 4 members (excludes halogenated alkanes) is 1. The predicted molar refractivity (Wildman–Crippen MR) is 38.9 cm³/mol. The molecule has 0 rings (SSSR count). The van der Waals surface area contributed by atoms with Crippen LogP contribution in [0.5, 0.6) is 0 Å². The van der Waals surface area contributed by atoms with Gasteiger partial charge in [0.2, 0.25) is 0 Å². The monoisotopic (exact) mass is 124 g/mol. The van der Waals surface area contributed by atoms with Crippen molar-refractivity contribution in [2.24, 2.45) is 0 Å². The maximum Gasteiger partial charge on any atom is 0.0621 e.